The summed E-state index contributed by atoms with van der Waals surface area (Å²) < 4.78 is 38.8. The van der Waals surface area contributed by atoms with Gasteiger partial charge in [-0.25, -0.2) is 17.1 Å². The highest BCUT2D eigenvalue weighted by molar-refractivity contribution is 7.89. The van der Waals surface area contributed by atoms with Gasteiger partial charge in [-0.3, -0.25) is 0 Å². The first-order chi connectivity index (χ1) is 9.94. The van der Waals surface area contributed by atoms with Gasteiger partial charge < -0.3 is 5.32 Å². The summed E-state index contributed by atoms with van der Waals surface area (Å²) in [6, 6.07) is 5.14. The van der Waals surface area contributed by atoms with E-state index in [1.807, 2.05) is 0 Å². The van der Waals surface area contributed by atoms with E-state index in [0.29, 0.717) is 25.2 Å². The largest absolute Gasteiger partial charge is 0.310 e. The predicted octanol–water partition coefficient (Wildman–Crippen LogP) is 2.38. The Morgan fingerprint density at radius 1 is 1.38 bits per heavy atom. The lowest BCUT2D eigenvalue weighted by Crippen LogP contribution is -2.45. The summed E-state index contributed by atoms with van der Waals surface area (Å²) in [4.78, 5) is 0. The maximum Gasteiger partial charge on any atom is 0.213 e. The van der Waals surface area contributed by atoms with E-state index in [4.69, 9.17) is 11.6 Å². The zero-order valence-electron chi connectivity index (χ0n) is 12.0. The molecular formula is C14H20ClFN2O2S. The summed E-state index contributed by atoms with van der Waals surface area (Å²) in [5, 5.41) is 3.40. The Balaban J connectivity index is 1.86. The summed E-state index contributed by atoms with van der Waals surface area (Å²) in [6.07, 6.45) is 1.48. The fourth-order valence-electron chi connectivity index (χ4n) is 2.46. The zero-order chi connectivity index (χ0) is 15.5. The number of sulfonamides is 1. The van der Waals surface area contributed by atoms with Crippen LogP contribution in [-0.2, 0) is 16.6 Å². The Bertz CT molecular complexity index is 587. The molecule has 1 saturated heterocycles. The first-order valence-electron chi connectivity index (χ1n) is 7.08. The van der Waals surface area contributed by atoms with Gasteiger partial charge >= 0.3 is 0 Å². The molecule has 1 N–H and O–H groups in total. The molecule has 1 aliphatic rings. The molecule has 1 fully saturated rings. The minimum Gasteiger partial charge on any atom is -0.310 e. The van der Waals surface area contributed by atoms with E-state index in [-0.39, 0.29) is 16.8 Å². The molecule has 0 amide bonds. The molecule has 0 bridgehead atoms. The molecule has 118 valence electrons. The predicted molar refractivity (Wildman–Crippen MR) is 82.3 cm³/mol. The van der Waals surface area contributed by atoms with Gasteiger partial charge in [0.2, 0.25) is 10.0 Å². The molecular weight excluding hydrogens is 315 g/mol. The number of piperidine rings is 1. The van der Waals surface area contributed by atoms with Crippen LogP contribution < -0.4 is 5.32 Å². The molecule has 0 unspecified atom stereocenters. The fraction of sp³-hybridized carbons (Fsp3) is 0.571. The van der Waals surface area contributed by atoms with E-state index in [0.717, 1.165) is 12.8 Å². The third-order valence-corrected chi connectivity index (χ3v) is 6.00. The average Bonchev–Trinajstić information content (AvgIpc) is 2.49. The number of hydrogen-bond donors (Lipinski definition) is 1. The van der Waals surface area contributed by atoms with Crippen LogP contribution >= 0.6 is 11.6 Å². The van der Waals surface area contributed by atoms with Crippen LogP contribution in [0.3, 0.4) is 0 Å². The van der Waals surface area contributed by atoms with Crippen LogP contribution in [0, 0.1) is 5.82 Å². The Hall–Kier alpha value is -0.690. The van der Waals surface area contributed by atoms with Gasteiger partial charge in [0.05, 0.1) is 10.8 Å². The molecule has 1 aliphatic heterocycles. The van der Waals surface area contributed by atoms with Gasteiger partial charge in [-0.1, -0.05) is 23.7 Å². The van der Waals surface area contributed by atoms with Crippen LogP contribution in [0.4, 0.5) is 4.39 Å². The molecule has 0 saturated carbocycles. The first kappa shape index (κ1) is 16.7. The first-order valence-corrected chi connectivity index (χ1v) is 9.07. The van der Waals surface area contributed by atoms with Crippen molar-refractivity contribution >= 4 is 21.6 Å². The van der Waals surface area contributed by atoms with E-state index in [9.17, 15) is 12.8 Å². The van der Waals surface area contributed by atoms with Crippen molar-refractivity contribution in [3.63, 3.8) is 0 Å². The molecule has 1 heterocycles. The number of halogens is 2. The standard InChI is InChI=1S/C14H20ClFN2O2S/c1-2-21(19,20)18-8-6-12(7-9-18)17-10-11-4-3-5-13(15)14(11)16/h3-5,12,17H,2,6-10H2,1H3. The summed E-state index contributed by atoms with van der Waals surface area (Å²) in [7, 11) is -3.10. The van der Waals surface area contributed by atoms with Gasteiger partial charge in [0.15, 0.2) is 0 Å². The number of rotatable bonds is 5. The van der Waals surface area contributed by atoms with Crippen molar-refractivity contribution in [1.29, 1.82) is 0 Å². The topological polar surface area (TPSA) is 49.4 Å². The molecule has 7 heteroatoms. The normalized spacial score (nSPS) is 18.0. The molecule has 4 nitrogen and oxygen atoms in total. The van der Waals surface area contributed by atoms with Crippen molar-refractivity contribution in [2.75, 3.05) is 18.8 Å². The highest BCUT2D eigenvalue weighted by Gasteiger charge is 2.26. The van der Waals surface area contributed by atoms with Crippen LogP contribution in [0.25, 0.3) is 0 Å². The second-order valence-corrected chi connectivity index (χ2v) is 7.83. The third-order valence-electron chi connectivity index (χ3n) is 3.82. The maximum atomic E-state index is 13.8. The Kier molecular flexibility index (Phi) is 5.60. The van der Waals surface area contributed by atoms with Gasteiger partial charge in [0.1, 0.15) is 5.82 Å². The lowest BCUT2D eigenvalue weighted by Gasteiger charge is -2.31. The number of nitrogens with one attached hydrogen (secondary N) is 1. The molecule has 1 aromatic rings. The Morgan fingerprint density at radius 3 is 2.67 bits per heavy atom. The quantitative estimate of drug-likeness (QED) is 0.899. The second-order valence-electron chi connectivity index (χ2n) is 5.17. The van der Waals surface area contributed by atoms with Crippen molar-refractivity contribution in [2.45, 2.75) is 32.4 Å². The molecule has 21 heavy (non-hydrogen) atoms. The summed E-state index contributed by atoms with van der Waals surface area (Å²) >= 11 is 5.74. The molecule has 0 atom stereocenters. The van der Waals surface area contributed by atoms with Crippen LogP contribution in [-0.4, -0.2) is 37.6 Å². The monoisotopic (exact) mass is 334 g/mol. The van der Waals surface area contributed by atoms with Crippen molar-refractivity contribution < 1.29 is 12.8 Å². The minimum atomic E-state index is -3.10. The third kappa shape index (κ3) is 4.16. The lowest BCUT2D eigenvalue weighted by atomic mass is 10.1. The van der Waals surface area contributed by atoms with E-state index in [2.05, 4.69) is 5.32 Å². The van der Waals surface area contributed by atoms with Crippen LogP contribution in [0.1, 0.15) is 25.3 Å². The van der Waals surface area contributed by atoms with Crippen LogP contribution in [0.15, 0.2) is 18.2 Å². The lowest BCUT2D eigenvalue weighted by molar-refractivity contribution is 0.288. The number of nitrogens with zero attached hydrogens (tertiary/aromatic N) is 1. The van der Waals surface area contributed by atoms with E-state index >= 15 is 0 Å². The minimum absolute atomic E-state index is 0.123. The van der Waals surface area contributed by atoms with Crippen LogP contribution in [0.5, 0.6) is 0 Å². The summed E-state index contributed by atoms with van der Waals surface area (Å²) in [5.74, 6) is -0.253. The molecule has 0 radical (unpaired) electrons. The second kappa shape index (κ2) is 7.05. The highest BCUT2D eigenvalue weighted by Crippen LogP contribution is 2.19. The van der Waals surface area contributed by atoms with Gasteiger partial charge in [-0.15, -0.1) is 0 Å². The Labute approximate surface area is 130 Å². The average molecular weight is 335 g/mol. The van der Waals surface area contributed by atoms with E-state index < -0.39 is 15.8 Å². The Morgan fingerprint density at radius 2 is 2.05 bits per heavy atom. The summed E-state index contributed by atoms with van der Waals surface area (Å²) in [5.41, 5.74) is 0.533. The van der Waals surface area contributed by atoms with E-state index in [1.165, 1.54) is 10.4 Å². The smallest absolute Gasteiger partial charge is 0.213 e. The van der Waals surface area contributed by atoms with Crippen molar-refractivity contribution in [1.82, 2.24) is 9.62 Å². The zero-order valence-corrected chi connectivity index (χ0v) is 13.6. The molecule has 2 rings (SSSR count). The van der Waals surface area contributed by atoms with Crippen molar-refractivity contribution in [2.24, 2.45) is 0 Å². The van der Waals surface area contributed by atoms with Gasteiger partial charge in [0.25, 0.3) is 0 Å². The number of hydrogen-bond acceptors (Lipinski definition) is 3. The fourth-order valence-corrected chi connectivity index (χ4v) is 3.79. The summed E-state index contributed by atoms with van der Waals surface area (Å²) in [6.45, 7) is 3.09. The molecule has 1 aromatic carbocycles. The molecule has 0 aromatic heterocycles. The molecule has 0 spiro atoms. The number of benzene rings is 1. The van der Waals surface area contributed by atoms with Crippen LogP contribution in [0.2, 0.25) is 5.02 Å². The van der Waals surface area contributed by atoms with E-state index in [1.54, 1.807) is 19.1 Å². The molecule has 0 aliphatic carbocycles. The van der Waals surface area contributed by atoms with Gasteiger partial charge in [0, 0.05) is 31.2 Å². The maximum absolute atomic E-state index is 13.8. The SMILES string of the molecule is CCS(=O)(=O)N1CCC(NCc2cccc(Cl)c2F)CC1. The van der Waals surface area contributed by atoms with Gasteiger partial charge in [-0.2, -0.15) is 0 Å². The van der Waals surface area contributed by atoms with Gasteiger partial charge in [-0.05, 0) is 25.8 Å². The van der Waals surface area contributed by atoms with Crippen molar-refractivity contribution in [3.8, 4) is 0 Å². The highest BCUT2D eigenvalue weighted by atomic mass is 35.5. The van der Waals surface area contributed by atoms with Crippen molar-refractivity contribution in [3.05, 3.63) is 34.6 Å².